The van der Waals surface area contributed by atoms with Crippen molar-refractivity contribution < 1.29 is 22.7 Å². The molecule has 1 saturated heterocycles. The maximum atomic E-state index is 11.8. The number of esters is 1. The number of piperidine rings is 1. The fraction of sp³-hybridized carbons (Fsp3) is 0.889. The lowest BCUT2D eigenvalue weighted by molar-refractivity contribution is -0.202. The van der Waals surface area contributed by atoms with Crippen molar-refractivity contribution in [1.29, 1.82) is 0 Å². The van der Waals surface area contributed by atoms with Gasteiger partial charge in [0.2, 0.25) is 0 Å². The topological polar surface area (TPSA) is 38.3 Å². The highest BCUT2D eigenvalue weighted by atomic mass is 19.4. The van der Waals surface area contributed by atoms with Crippen LogP contribution in [0.2, 0.25) is 0 Å². The molecule has 1 heterocycles. The quantitative estimate of drug-likeness (QED) is 0.723. The Morgan fingerprint density at radius 1 is 1.40 bits per heavy atom. The normalized spacial score (nSPS) is 21.1. The summed E-state index contributed by atoms with van der Waals surface area (Å²) in [5.41, 5.74) is -0.327. The van der Waals surface area contributed by atoms with E-state index >= 15 is 0 Å². The molecular formula is C9H14F3NO2. The molecule has 1 aliphatic heterocycles. The Kier molecular flexibility index (Phi) is 3.59. The van der Waals surface area contributed by atoms with Gasteiger partial charge in [-0.05, 0) is 25.9 Å². The van der Waals surface area contributed by atoms with Crippen molar-refractivity contribution in [2.24, 2.45) is 5.41 Å². The molecule has 6 heteroatoms. The SMILES string of the molecule is CC1(COC(=O)C(F)(F)F)CCNCC1. The fourth-order valence-corrected chi connectivity index (χ4v) is 1.50. The molecular weight excluding hydrogens is 211 g/mol. The molecule has 0 bridgehead atoms. The first-order valence-electron chi connectivity index (χ1n) is 4.78. The van der Waals surface area contributed by atoms with Gasteiger partial charge in [-0.2, -0.15) is 13.2 Å². The third-order valence-corrected chi connectivity index (χ3v) is 2.59. The Balaban J connectivity index is 2.38. The molecule has 0 saturated carbocycles. The van der Waals surface area contributed by atoms with Crippen LogP contribution in [0.15, 0.2) is 0 Å². The first kappa shape index (κ1) is 12.3. The van der Waals surface area contributed by atoms with Crippen molar-refractivity contribution >= 4 is 5.97 Å². The van der Waals surface area contributed by atoms with Gasteiger partial charge in [0.05, 0.1) is 6.61 Å². The van der Waals surface area contributed by atoms with Crippen LogP contribution in [0.5, 0.6) is 0 Å². The minimum absolute atomic E-state index is 0.160. The van der Waals surface area contributed by atoms with Crippen LogP contribution in [0.4, 0.5) is 13.2 Å². The van der Waals surface area contributed by atoms with Crippen molar-refractivity contribution in [2.75, 3.05) is 19.7 Å². The highest BCUT2D eigenvalue weighted by Crippen LogP contribution is 2.29. The van der Waals surface area contributed by atoms with E-state index in [0.717, 1.165) is 25.9 Å². The second kappa shape index (κ2) is 4.38. The van der Waals surface area contributed by atoms with Crippen LogP contribution in [0.25, 0.3) is 0 Å². The van der Waals surface area contributed by atoms with E-state index in [1.165, 1.54) is 0 Å². The van der Waals surface area contributed by atoms with Gasteiger partial charge in [-0.3, -0.25) is 0 Å². The number of nitrogens with one attached hydrogen (secondary N) is 1. The van der Waals surface area contributed by atoms with Crippen LogP contribution >= 0.6 is 0 Å². The predicted molar refractivity (Wildman–Crippen MR) is 47.2 cm³/mol. The van der Waals surface area contributed by atoms with Gasteiger partial charge < -0.3 is 10.1 Å². The van der Waals surface area contributed by atoms with Crippen LogP contribution in [0, 0.1) is 5.41 Å². The van der Waals surface area contributed by atoms with E-state index in [2.05, 4.69) is 10.1 Å². The van der Waals surface area contributed by atoms with E-state index in [1.807, 2.05) is 6.92 Å². The van der Waals surface area contributed by atoms with Gasteiger partial charge in [0.1, 0.15) is 0 Å². The molecule has 1 rings (SSSR count). The number of carbonyl (C=O) groups is 1. The number of rotatable bonds is 2. The Labute approximate surface area is 86.0 Å². The summed E-state index contributed by atoms with van der Waals surface area (Å²) in [5, 5.41) is 3.10. The number of alkyl halides is 3. The minimum atomic E-state index is -4.89. The van der Waals surface area contributed by atoms with Crippen molar-refractivity contribution in [2.45, 2.75) is 25.9 Å². The van der Waals surface area contributed by atoms with Crippen LogP contribution < -0.4 is 5.32 Å². The number of halogens is 3. The van der Waals surface area contributed by atoms with Gasteiger partial charge in [0.25, 0.3) is 0 Å². The zero-order valence-corrected chi connectivity index (χ0v) is 8.49. The number of carbonyl (C=O) groups excluding carboxylic acids is 1. The van der Waals surface area contributed by atoms with Gasteiger partial charge in [-0.25, -0.2) is 4.79 Å². The average Bonchev–Trinajstić information content (AvgIpc) is 2.14. The molecule has 3 nitrogen and oxygen atoms in total. The lowest BCUT2D eigenvalue weighted by Crippen LogP contribution is -2.39. The summed E-state index contributed by atoms with van der Waals surface area (Å²) in [6.45, 7) is 3.17. The van der Waals surface area contributed by atoms with Crippen LogP contribution in [0.3, 0.4) is 0 Å². The Hall–Kier alpha value is -0.780. The van der Waals surface area contributed by atoms with Gasteiger partial charge in [-0.1, -0.05) is 6.92 Å². The maximum Gasteiger partial charge on any atom is 0.490 e. The zero-order valence-electron chi connectivity index (χ0n) is 8.49. The summed E-state index contributed by atoms with van der Waals surface area (Å²) in [7, 11) is 0. The van der Waals surface area contributed by atoms with Crippen molar-refractivity contribution in [3.05, 3.63) is 0 Å². The molecule has 1 fully saturated rings. The summed E-state index contributed by atoms with van der Waals surface area (Å²) in [6.07, 6.45) is -3.44. The monoisotopic (exact) mass is 225 g/mol. The number of hydrogen-bond donors (Lipinski definition) is 1. The molecule has 0 unspecified atom stereocenters. The lowest BCUT2D eigenvalue weighted by Gasteiger charge is -2.33. The van der Waals surface area contributed by atoms with E-state index < -0.39 is 12.1 Å². The van der Waals surface area contributed by atoms with E-state index in [4.69, 9.17) is 0 Å². The summed E-state index contributed by atoms with van der Waals surface area (Å²) >= 11 is 0. The molecule has 0 aromatic rings. The molecule has 88 valence electrons. The Morgan fingerprint density at radius 2 is 1.93 bits per heavy atom. The zero-order chi connectivity index (χ0) is 11.5. The highest BCUT2D eigenvalue weighted by molar-refractivity contribution is 5.75. The fourth-order valence-electron chi connectivity index (χ4n) is 1.50. The summed E-state index contributed by atoms with van der Waals surface area (Å²) < 4.78 is 39.8. The van der Waals surface area contributed by atoms with E-state index in [1.54, 1.807) is 0 Å². The first-order chi connectivity index (χ1) is 6.83. The molecule has 1 N–H and O–H groups in total. The molecule has 0 aromatic carbocycles. The smallest absolute Gasteiger partial charge is 0.458 e. The summed E-state index contributed by atoms with van der Waals surface area (Å²) in [4.78, 5) is 10.5. The second-order valence-corrected chi connectivity index (χ2v) is 4.13. The molecule has 0 spiro atoms. The Morgan fingerprint density at radius 3 is 2.40 bits per heavy atom. The molecule has 0 aliphatic carbocycles. The lowest BCUT2D eigenvalue weighted by atomic mass is 9.82. The molecule has 0 aromatic heterocycles. The molecule has 0 amide bonds. The van der Waals surface area contributed by atoms with E-state index in [0.29, 0.717) is 0 Å². The average molecular weight is 225 g/mol. The minimum Gasteiger partial charge on any atom is -0.458 e. The van der Waals surface area contributed by atoms with Gasteiger partial charge >= 0.3 is 12.1 Å². The van der Waals surface area contributed by atoms with Gasteiger partial charge in [0, 0.05) is 5.41 Å². The number of ether oxygens (including phenoxy) is 1. The first-order valence-corrected chi connectivity index (χ1v) is 4.78. The van der Waals surface area contributed by atoms with Crippen LogP contribution in [0.1, 0.15) is 19.8 Å². The largest absolute Gasteiger partial charge is 0.490 e. The summed E-state index contributed by atoms with van der Waals surface area (Å²) in [6, 6.07) is 0. The number of hydrogen-bond acceptors (Lipinski definition) is 3. The van der Waals surface area contributed by atoms with Crippen molar-refractivity contribution in [1.82, 2.24) is 5.32 Å². The molecule has 0 atom stereocenters. The molecule has 1 aliphatic rings. The van der Waals surface area contributed by atoms with Crippen molar-refractivity contribution in [3.63, 3.8) is 0 Å². The van der Waals surface area contributed by atoms with Crippen LogP contribution in [-0.2, 0) is 9.53 Å². The third kappa shape index (κ3) is 3.70. The standard InChI is InChI=1S/C9H14F3NO2/c1-8(2-4-13-5-3-8)6-15-7(14)9(10,11)12/h13H,2-6H2,1H3. The Bertz CT molecular complexity index is 234. The van der Waals surface area contributed by atoms with E-state index in [9.17, 15) is 18.0 Å². The second-order valence-electron chi connectivity index (χ2n) is 4.13. The molecule has 0 radical (unpaired) electrons. The van der Waals surface area contributed by atoms with E-state index in [-0.39, 0.29) is 12.0 Å². The highest BCUT2D eigenvalue weighted by Gasteiger charge is 2.42. The predicted octanol–water partition coefficient (Wildman–Crippen LogP) is 1.48. The van der Waals surface area contributed by atoms with Crippen molar-refractivity contribution in [3.8, 4) is 0 Å². The third-order valence-electron chi connectivity index (χ3n) is 2.59. The van der Waals surface area contributed by atoms with Gasteiger partial charge in [0.15, 0.2) is 0 Å². The van der Waals surface area contributed by atoms with Crippen LogP contribution in [-0.4, -0.2) is 31.8 Å². The maximum absolute atomic E-state index is 11.8. The summed E-state index contributed by atoms with van der Waals surface area (Å²) in [5.74, 6) is -2.10. The molecule has 15 heavy (non-hydrogen) atoms. The van der Waals surface area contributed by atoms with Gasteiger partial charge in [-0.15, -0.1) is 0 Å².